The molecule has 0 unspecified atom stereocenters. The van der Waals surface area contributed by atoms with Crippen molar-refractivity contribution >= 4 is 27.5 Å². The average Bonchev–Trinajstić information content (AvgIpc) is 3.07. The van der Waals surface area contributed by atoms with Crippen molar-refractivity contribution in [1.29, 1.82) is 0 Å². The fourth-order valence-corrected chi connectivity index (χ4v) is 4.28. The molecule has 4 aromatic rings. The third kappa shape index (κ3) is 3.77. The Hall–Kier alpha value is -3.07. The molecule has 1 aliphatic heterocycles. The van der Waals surface area contributed by atoms with E-state index in [4.69, 9.17) is 9.72 Å². The predicted molar refractivity (Wildman–Crippen MR) is 121 cm³/mol. The second kappa shape index (κ2) is 8.12. The van der Waals surface area contributed by atoms with Crippen LogP contribution in [0.5, 0.6) is 5.75 Å². The number of nitrogens with zero attached hydrogens (tertiary/aromatic N) is 2. The van der Waals surface area contributed by atoms with Gasteiger partial charge in [-0.15, -0.1) is 0 Å². The van der Waals surface area contributed by atoms with Crippen LogP contribution in [0, 0.1) is 0 Å². The molecule has 5 rings (SSSR count). The lowest BCUT2D eigenvalue weighted by atomic mass is 10.1. The molecular weight excluding hydrogens is 356 g/mol. The Labute approximate surface area is 171 Å². The number of rotatable bonds is 4. The largest absolute Gasteiger partial charge is 0.487 e. The number of fused-ring (bicyclic) bond motifs is 2. The maximum Gasteiger partial charge on any atom is 0.146 e. The molecule has 2 heterocycles. The molecule has 0 saturated carbocycles. The first-order chi connectivity index (χ1) is 14.4. The van der Waals surface area contributed by atoms with Gasteiger partial charge in [0.15, 0.2) is 0 Å². The van der Waals surface area contributed by atoms with Gasteiger partial charge in [-0.05, 0) is 47.4 Å². The van der Waals surface area contributed by atoms with E-state index in [-0.39, 0.29) is 0 Å². The van der Waals surface area contributed by atoms with Crippen LogP contribution in [0.2, 0.25) is 0 Å². The highest BCUT2D eigenvalue weighted by Crippen LogP contribution is 2.29. The number of hydrogen-bond donors (Lipinski definition) is 0. The van der Waals surface area contributed by atoms with Crippen molar-refractivity contribution in [1.82, 2.24) is 4.98 Å². The second-order valence-corrected chi connectivity index (χ2v) is 7.83. The first-order valence-corrected chi connectivity index (χ1v) is 10.6. The van der Waals surface area contributed by atoms with Crippen LogP contribution in [0.25, 0.3) is 21.7 Å². The topological polar surface area (TPSA) is 25.4 Å². The van der Waals surface area contributed by atoms with Gasteiger partial charge in [0.05, 0.1) is 0 Å². The van der Waals surface area contributed by atoms with Crippen LogP contribution in [0.1, 0.15) is 31.2 Å². The summed E-state index contributed by atoms with van der Waals surface area (Å²) in [5.74, 6) is 1.92. The van der Waals surface area contributed by atoms with Crippen LogP contribution in [-0.4, -0.2) is 18.1 Å². The van der Waals surface area contributed by atoms with Crippen molar-refractivity contribution < 1.29 is 4.74 Å². The van der Waals surface area contributed by atoms with Crippen molar-refractivity contribution in [3.63, 3.8) is 0 Å². The van der Waals surface area contributed by atoms with E-state index in [1.165, 1.54) is 42.0 Å². The molecule has 3 nitrogen and oxygen atoms in total. The number of para-hydroxylation sites is 1. The van der Waals surface area contributed by atoms with Crippen LogP contribution in [-0.2, 0) is 6.61 Å². The van der Waals surface area contributed by atoms with Crippen LogP contribution in [0.3, 0.4) is 0 Å². The highest BCUT2D eigenvalue weighted by molar-refractivity contribution is 5.87. The molecule has 146 valence electrons. The van der Waals surface area contributed by atoms with Gasteiger partial charge in [0.25, 0.3) is 0 Å². The minimum atomic E-state index is 0.538. The normalized spacial score (nSPS) is 14.8. The highest BCUT2D eigenvalue weighted by atomic mass is 16.5. The molecule has 0 spiro atoms. The molecule has 0 radical (unpaired) electrons. The summed E-state index contributed by atoms with van der Waals surface area (Å²) in [6, 6.07) is 25.4. The number of hydrogen-bond acceptors (Lipinski definition) is 3. The van der Waals surface area contributed by atoms with E-state index >= 15 is 0 Å². The van der Waals surface area contributed by atoms with Gasteiger partial charge in [-0.25, -0.2) is 4.98 Å². The Morgan fingerprint density at radius 3 is 2.38 bits per heavy atom. The summed E-state index contributed by atoms with van der Waals surface area (Å²) in [7, 11) is 0. The van der Waals surface area contributed by atoms with Crippen molar-refractivity contribution in [3.8, 4) is 5.75 Å². The summed E-state index contributed by atoms with van der Waals surface area (Å²) in [6.07, 6.45) is 5.14. The zero-order chi connectivity index (χ0) is 19.5. The lowest BCUT2D eigenvalue weighted by molar-refractivity contribution is 0.311. The monoisotopic (exact) mass is 382 g/mol. The quantitative estimate of drug-likeness (QED) is 0.411. The summed E-state index contributed by atoms with van der Waals surface area (Å²) < 4.78 is 6.30. The fourth-order valence-electron chi connectivity index (χ4n) is 4.28. The lowest BCUT2D eigenvalue weighted by Gasteiger charge is -2.22. The van der Waals surface area contributed by atoms with Crippen LogP contribution < -0.4 is 9.64 Å². The zero-order valence-corrected chi connectivity index (χ0v) is 16.7. The van der Waals surface area contributed by atoms with Crippen molar-refractivity contribution in [2.45, 2.75) is 32.3 Å². The molecule has 29 heavy (non-hydrogen) atoms. The van der Waals surface area contributed by atoms with Crippen LogP contribution in [0.4, 0.5) is 5.82 Å². The van der Waals surface area contributed by atoms with Crippen LogP contribution >= 0.6 is 0 Å². The molecule has 3 heteroatoms. The van der Waals surface area contributed by atoms with Crippen molar-refractivity contribution in [3.05, 3.63) is 78.4 Å². The Kier molecular flexibility index (Phi) is 5.04. The molecule has 0 aliphatic carbocycles. The number of anilines is 1. The molecule has 0 bridgehead atoms. The fraction of sp³-hybridized carbons (Fsp3) is 0.269. The summed E-state index contributed by atoms with van der Waals surface area (Å²) >= 11 is 0. The first kappa shape index (κ1) is 18.0. The molecule has 1 saturated heterocycles. The summed E-state index contributed by atoms with van der Waals surface area (Å²) in [6.45, 7) is 2.73. The SMILES string of the molecule is c1ccc2c(COc3cccc4ccc(N5CCCCCC5)nc34)cccc2c1. The molecular formula is C26H26N2O. The Balaban J connectivity index is 1.45. The summed E-state index contributed by atoms with van der Waals surface area (Å²) in [5, 5.41) is 3.61. The summed E-state index contributed by atoms with van der Waals surface area (Å²) in [5.41, 5.74) is 2.15. The number of ether oxygens (including phenoxy) is 1. The van der Waals surface area contributed by atoms with E-state index in [1.54, 1.807) is 0 Å². The van der Waals surface area contributed by atoms with Gasteiger partial charge in [0.2, 0.25) is 0 Å². The van der Waals surface area contributed by atoms with Crippen LogP contribution in [0.15, 0.2) is 72.8 Å². The van der Waals surface area contributed by atoms with Gasteiger partial charge < -0.3 is 9.64 Å². The molecule has 1 fully saturated rings. The van der Waals surface area contributed by atoms with E-state index in [1.807, 2.05) is 12.1 Å². The number of pyridine rings is 1. The van der Waals surface area contributed by atoms with Gasteiger partial charge in [-0.3, -0.25) is 0 Å². The standard InChI is InChI=1S/C26H26N2O/c1-2-6-18-28(17-5-1)25-16-15-21-11-8-14-24(26(21)27-25)29-19-22-12-7-10-20-9-3-4-13-23(20)22/h3-4,7-16H,1-2,5-6,17-19H2. The minimum Gasteiger partial charge on any atom is -0.487 e. The summed E-state index contributed by atoms with van der Waals surface area (Å²) in [4.78, 5) is 7.44. The Morgan fingerprint density at radius 2 is 1.48 bits per heavy atom. The third-order valence-corrected chi connectivity index (χ3v) is 5.86. The second-order valence-electron chi connectivity index (χ2n) is 7.83. The molecule has 3 aromatic carbocycles. The van der Waals surface area contributed by atoms with Gasteiger partial charge >= 0.3 is 0 Å². The molecule has 0 atom stereocenters. The van der Waals surface area contributed by atoms with Gasteiger partial charge in [0.1, 0.15) is 23.7 Å². The van der Waals surface area contributed by atoms with E-state index in [9.17, 15) is 0 Å². The molecule has 1 aromatic heterocycles. The van der Waals surface area contributed by atoms with Crippen molar-refractivity contribution in [2.75, 3.05) is 18.0 Å². The molecule has 0 N–H and O–H groups in total. The van der Waals surface area contributed by atoms with E-state index in [2.05, 4.69) is 65.6 Å². The third-order valence-electron chi connectivity index (χ3n) is 5.86. The Morgan fingerprint density at radius 1 is 0.724 bits per heavy atom. The lowest BCUT2D eigenvalue weighted by Crippen LogP contribution is -2.24. The van der Waals surface area contributed by atoms with Crippen molar-refractivity contribution in [2.24, 2.45) is 0 Å². The van der Waals surface area contributed by atoms with Gasteiger partial charge in [0, 0.05) is 18.5 Å². The predicted octanol–water partition coefficient (Wildman–Crippen LogP) is 6.35. The molecule has 0 amide bonds. The van der Waals surface area contributed by atoms with E-state index in [0.29, 0.717) is 6.61 Å². The van der Waals surface area contributed by atoms with E-state index in [0.717, 1.165) is 35.6 Å². The maximum atomic E-state index is 6.30. The van der Waals surface area contributed by atoms with Gasteiger partial charge in [-0.1, -0.05) is 67.4 Å². The van der Waals surface area contributed by atoms with E-state index < -0.39 is 0 Å². The minimum absolute atomic E-state index is 0.538. The van der Waals surface area contributed by atoms with Gasteiger partial charge in [-0.2, -0.15) is 0 Å². The Bertz CT molecular complexity index is 1120. The smallest absolute Gasteiger partial charge is 0.146 e. The number of aromatic nitrogens is 1. The highest BCUT2D eigenvalue weighted by Gasteiger charge is 2.13. The first-order valence-electron chi connectivity index (χ1n) is 10.6. The average molecular weight is 383 g/mol. The molecule has 1 aliphatic rings. The zero-order valence-electron chi connectivity index (χ0n) is 16.7. The number of benzene rings is 3. The maximum absolute atomic E-state index is 6.30.